The number of aryl methyl sites for hydroxylation is 2. The second-order valence-corrected chi connectivity index (χ2v) is 7.73. The first-order valence-corrected chi connectivity index (χ1v) is 9.32. The molecule has 1 fully saturated rings. The third kappa shape index (κ3) is 2.85. The van der Waals surface area contributed by atoms with Crippen molar-refractivity contribution in [2.45, 2.75) is 19.9 Å². The van der Waals surface area contributed by atoms with E-state index in [-0.39, 0.29) is 11.9 Å². The molecule has 0 aliphatic carbocycles. The number of fused-ring (bicyclic) bond motifs is 1. The van der Waals surface area contributed by atoms with E-state index in [1.165, 1.54) is 11.3 Å². The van der Waals surface area contributed by atoms with Crippen molar-refractivity contribution in [1.82, 2.24) is 20.5 Å². The van der Waals surface area contributed by atoms with Crippen molar-refractivity contribution in [2.24, 2.45) is 0 Å². The smallest absolute Gasteiger partial charge is 0.263 e. The fraction of sp³-hybridized carbons (Fsp3) is 0.294. The minimum absolute atomic E-state index is 0.0629. The van der Waals surface area contributed by atoms with Crippen LogP contribution in [0.15, 0.2) is 18.3 Å². The van der Waals surface area contributed by atoms with Crippen LogP contribution in [0.25, 0.3) is 10.2 Å². The molecule has 1 amide bonds. The number of thiophene rings is 1. The topological polar surface area (TPSA) is 97.0 Å². The summed E-state index contributed by atoms with van der Waals surface area (Å²) in [5.74, 6) is -0.167. The van der Waals surface area contributed by atoms with Gasteiger partial charge in [0.15, 0.2) is 0 Å². The predicted molar refractivity (Wildman–Crippen MR) is 104 cm³/mol. The summed E-state index contributed by atoms with van der Waals surface area (Å²) in [5.41, 5.74) is 9.49. The summed E-state index contributed by atoms with van der Waals surface area (Å²) < 4.78 is 0. The minimum Gasteiger partial charge on any atom is -0.397 e. The molecule has 3 aromatic heterocycles. The summed E-state index contributed by atoms with van der Waals surface area (Å²) in [5, 5.41) is 12.6. The number of nitrogens with one attached hydrogen (secondary N) is 1. The van der Waals surface area contributed by atoms with Crippen molar-refractivity contribution < 1.29 is 4.79 Å². The summed E-state index contributed by atoms with van der Waals surface area (Å²) in [7, 11) is 0. The molecule has 0 aromatic carbocycles. The van der Waals surface area contributed by atoms with E-state index < -0.39 is 0 Å². The van der Waals surface area contributed by atoms with Gasteiger partial charge in [0, 0.05) is 30.4 Å². The Morgan fingerprint density at radius 1 is 1.38 bits per heavy atom. The number of pyridine rings is 1. The Morgan fingerprint density at radius 3 is 2.88 bits per heavy atom. The molecule has 134 valence electrons. The zero-order valence-electron chi connectivity index (χ0n) is 14.3. The second kappa shape index (κ2) is 6.37. The molecule has 4 heterocycles. The summed E-state index contributed by atoms with van der Waals surface area (Å²) in [6.07, 6.45) is 1.67. The quantitative estimate of drug-likeness (QED) is 0.669. The van der Waals surface area contributed by atoms with Crippen molar-refractivity contribution >= 4 is 50.4 Å². The lowest BCUT2D eigenvalue weighted by molar-refractivity contribution is 0.0935. The number of hydrogen-bond acceptors (Lipinski definition) is 7. The van der Waals surface area contributed by atoms with Crippen LogP contribution in [0.3, 0.4) is 0 Å². The highest BCUT2D eigenvalue weighted by Crippen LogP contribution is 2.35. The van der Waals surface area contributed by atoms with Gasteiger partial charge in [-0.3, -0.25) is 4.79 Å². The maximum atomic E-state index is 12.7. The third-order valence-electron chi connectivity index (χ3n) is 4.63. The lowest BCUT2D eigenvalue weighted by atomic mass is 10.1. The molecule has 9 heteroatoms. The number of nitrogens with two attached hydrogens (primary N) is 1. The van der Waals surface area contributed by atoms with E-state index in [2.05, 4.69) is 25.4 Å². The number of amides is 1. The molecule has 1 aliphatic rings. The molecule has 4 rings (SSSR count). The van der Waals surface area contributed by atoms with Gasteiger partial charge in [-0.2, -0.15) is 5.10 Å². The molecular weight excluding hydrogens is 372 g/mol. The van der Waals surface area contributed by atoms with Gasteiger partial charge in [0.25, 0.3) is 5.91 Å². The normalized spacial score (nSPS) is 14.5. The Kier molecular flexibility index (Phi) is 4.16. The van der Waals surface area contributed by atoms with Crippen molar-refractivity contribution in [2.75, 3.05) is 23.7 Å². The molecule has 0 unspecified atom stereocenters. The number of carbonyl (C=O) groups is 1. The van der Waals surface area contributed by atoms with Gasteiger partial charge in [-0.05, 0) is 31.5 Å². The molecule has 0 spiro atoms. The van der Waals surface area contributed by atoms with Gasteiger partial charge in [-0.15, -0.1) is 16.4 Å². The van der Waals surface area contributed by atoms with Crippen molar-refractivity contribution in [3.63, 3.8) is 0 Å². The lowest BCUT2D eigenvalue weighted by Gasteiger charge is -2.41. The highest BCUT2D eigenvalue weighted by atomic mass is 35.5. The fourth-order valence-corrected chi connectivity index (χ4v) is 4.20. The Hall–Kier alpha value is -2.45. The monoisotopic (exact) mass is 388 g/mol. The average Bonchev–Trinajstić information content (AvgIpc) is 2.91. The van der Waals surface area contributed by atoms with Crippen molar-refractivity contribution in [3.05, 3.63) is 39.6 Å². The van der Waals surface area contributed by atoms with Crippen LogP contribution in [-0.2, 0) is 0 Å². The van der Waals surface area contributed by atoms with Crippen LogP contribution >= 0.6 is 22.9 Å². The first kappa shape index (κ1) is 17.0. The highest BCUT2D eigenvalue weighted by Gasteiger charge is 2.30. The molecular formula is C17H17ClN6OS. The van der Waals surface area contributed by atoms with Gasteiger partial charge in [0.1, 0.15) is 14.9 Å². The van der Waals surface area contributed by atoms with E-state index in [1.807, 2.05) is 26.0 Å². The number of anilines is 2. The Morgan fingerprint density at radius 2 is 2.15 bits per heavy atom. The number of carbonyl (C=O) groups excluding carboxylic acids is 1. The number of nitrogens with zero attached hydrogens (tertiary/aromatic N) is 4. The van der Waals surface area contributed by atoms with Crippen LogP contribution in [0.1, 0.15) is 20.9 Å². The molecule has 0 atom stereocenters. The van der Waals surface area contributed by atoms with Crippen LogP contribution in [0, 0.1) is 13.8 Å². The molecule has 1 saturated heterocycles. The molecule has 1 aliphatic heterocycles. The zero-order chi connectivity index (χ0) is 18.4. The average molecular weight is 389 g/mol. The Balaban J connectivity index is 1.47. The van der Waals surface area contributed by atoms with E-state index in [0.717, 1.165) is 35.4 Å². The van der Waals surface area contributed by atoms with Crippen LogP contribution in [0.2, 0.25) is 5.15 Å². The van der Waals surface area contributed by atoms with E-state index in [4.69, 9.17) is 17.3 Å². The number of hydrogen-bond donors (Lipinski definition) is 2. The fourth-order valence-electron chi connectivity index (χ4n) is 3.03. The van der Waals surface area contributed by atoms with Gasteiger partial charge in [-0.25, -0.2) is 4.98 Å². The standard InChI is InChI=1S/C17H17ClN6OS/c1-8-9(2)22-23-17-13(8)14(19)15(26-17)16(25)21-10-6-24(7-10)11-3-4-20-12(18)5-11/h3-5,10H,6-7,19H2,1-2H3,(H,21,25). The number of nitrogen functional groups attached to an aromatic ring is 1. The molecule has 0 bridgehead atoms. The molecule has 0 saturated carbocycles. The van der Waals surface area contributed by atoms with Crippen LogP contribution in [-0.4, -0.2) is 40.2 Å². The first-order valence-electron chi connectivity index (χ1n) is 8.13. The maximum absolute atomic E-state index is 12.7. The third-order valence-corrected chi connectivity index (χ3v) is 5.93. The summed E-state index contributed by atoms with van der Waals surface area (Å²) in [4.78, 5) is 19.9. The summed E-state index contributed by atoms with van der Waals surface area (Å²) in [6, 6.07) is 3.78. The number of aromatic nitrogens is 3. The summed E-state index contributed by atoms with van der Waals surface area (Å²) >= 11 is 7.20. The van der Waals surface area contributed by atoms with Crippen LogP contribution in [0.4, 0.5) is 11.4 Å². The van der Waals surface area contributed by atoms with E-state index >= 15 is 0 Å². The largest absolute Gasteiger partial charge is 0.397 e. The SMILES string of the molecule is Cc1nnc2sc(C(=O)NC3CN(c4ccnc(Cl)c4)C3)c(N)c2c1C. The minimum atomic E-state index is -0.167. The molecule has 0 radical (unpaired) electrons. The van der Waals surface area contributed by atoms with Crippen molar-refractivity contribution in [1.29, 1.82) is 0 Å². The lowest BCUT2D eigenvalue weighted by Crippen LogP contribution is -2.59. The molecule has 3 N–H and O–H groups in total. The van der Waals surface area contributed by atoms with E-state index in [1.54, 1.807) is 6.20 Å². The predicted octanol–water partition coefficient (Wildman–Crippen LogP) is 2.56. The Bertz CT molecular complexity index is 1010. The molecule has 26 heavy (non-hydrogen) atoms. The zero-order valence-corrected chi connectivity index (χ0v) is 15.9. The van der Waals surface area contributed by atoms with Crippen LogP contribution < -0.4 is 16.0 Å². The van der Waals surface area contributed by atoms with Crippen molar-refractivity contribution in [3.8, 4) is 0 Å². The van der Waals surface area contributed by atoms with Gasteiger partial charge >= 0.3 is 0 Å². The van der Waals surface area contributed by atoms with Crippen LogP contribution in [0.5, 0.6) is 0 Å². The maximum Gasteiger partial charge on any atom is 0.263 e. The second-order valence-electron chi connectivity index (χ2n) is 6.35. The van der Waals surface area contributed by atoms with Gasteiger partial charge in [-0.1, -0.05) is 11.6 Å². The van der Waals surface area contributed by atoms with Gasteiger partial charge in [0.05, 0.1) is 17.4 Å². The number of rotatable bonds is 3. The first-order chi connectivity index (χ1) is 12.4. The molecule has 7 nitrogen and oxygen atoms in total. The highest BCUT2D eigenvalue weighted by molar-refractivity contribution is 7.21. The van der Waals surface area contributed by atoms with Gasteiger partial charge < -0.3 is 16.0 Å². The number of halogens is 1. The molecule has 3 aromatic rings. The van der Waals surface area contributed by atoms with E-state index in [0.29, 0.717) is 20.5 Å². The summed E-state index contributed by atoms with van der Waals surface area (Å²) in [6.45, 7) is 5.26. The Labute approximate surface area is 159 Å². The van der Waals surface area contributed by atoms with E-state index in [9.17, 15) is 4.79 Å². The van der Waals surface area contributed by atoms with Gasteiger partial charge in [0.2, 0.25) is 0 Å².